The predicted molar refractivity (Wildman–Crippen MR) is 109 cm³/mol. The van der Waals surface area contributed by atoms with Crippen molar-refractivity contribution < 1.29 is 22.4 Å². The molecule has 2 amide bonds. The second-order valence-electron chi connectivity index (χ2n) is 7.36. The van der Waals surface area contributed by atoms with Crippen molar-refractivity contribution in [1.29, 1.82) is 0 Å². The fourth-order valence-electron chi connectivity index (χ4n) is 3.30. The third-order valence-electron chi connectivity index (χ3n) is 4.97. The zero-order chi connectivity index (χ0) is 22.9. The van der Waals surface area contributed by atoms with Crippen LogP contribution in [0.25, 0.3) is 11.4 Å². The number of carbonyl (C=O) groups excluding carboxylic acids is 1. The lowest BCUT2D eigenvalue weighted by molar-refractivity contribution is -0.136. The summed E-state index contributed by atoms with van der Waals surface area (Å²) >= 11 is 0. The van der Waals surface area contributed by atoms with Crippen molar-refractivity contribution in [3.8, 4) is 11.4 Å². The van der Waals surface area contributed by atoms with Crippen LogP contribution in [0, 0.1) is 5.82 Å². The number of rotatable bonds is 6. The maximum atomic E-state index is 13.2. The normalized spacial score (nSPS) is 13.8. The second kappa shape index (κ2) is 8.48. The van der Waals surface area contributed by atoms with Gasteiger partial charge in [0.15, 0.2) is 5.82 Å². The number of para-hydroxylation sites is 1. The van der Waals surface area contributed by atoms with E-state index in [1.165, 1.54) is 41.1 Å². The van der Waals surface area contributed by atoms with Gasteiger partial charge in [0.1, 0.15) is 5.82 Å². The highest BCUT2D eigenvalue weighted by Crippen LogP contribution is 2.36. The van der Waals surface area contributed by atoms with Gasteiger partial charge in [0, 0.05) is 18.2 Å². The molecule has 0 radical (unpaired) electrons. The maximum absolute atomic E-state index is 13.2. The van der Waals surface area contributed by atoms with E-state index in [1.807, 2.05) is 0 Å². The average molecular weight is 449 g/mol. The van der Waals surface area contributed by atoms with Gasteiger partial charge in [-0.2, -0.15) is 13.2 Å². The van der Waals surface area contributed by atoms with Crippen LogP contribution in [0.1, 0.15) is 24.4 Å². The van der Waals surface area contributed by atoms with Crippen LogP contribution in [0.5, 0.6) is 0 Å². The number of anilines is 1. The van der Waals surface area contributed by atoms with E-state index in [0.29, 0.717) is 11.4 Å². The number of amides is 2. The van der Waals surface area contributed by atoms with Gasteiger partial charge in [0.2, 0.25) is 0 Å². The molecule has 0 aliphatic heterocycles. The molecule has 0 unspecified atom stereocenters. The van der Waals surface area contributed by atoms with Gasteiger partial charge in [-0.25, -0.2) is 18.7 Å². The number of halogens is 4. The van der Waals surface area contributed by atoms with Crippen molar-refractivity contribution in [3.63, 3.8) is 0 Å². The fourth-order valence-corrected chi connectivity index (χ4v) is 3.30. The van der Waals surface area contributed by atoms with E-state index in [1.54, 1.807) is 4.57 Å². The van der Waals surface area contributed by atoms with Crippen molar-refractivity contribution in [2.75, 3.05) is 11.9 Å². The first-order valence-corrected chi connectivity index (χ1v) is 9.90. The zero-order valence-corrected chi connectivity index (χ0v) is 16.7. The first-order valence-electron chi connectivity index (χ1n) is 9.90. The van der Waals surface area contributed by atoms with Crippen molar-refractivity contribution in [3.05, 3.63) is 70.4 Å². The average Bonchev–Trinajstić information content (AvgIpc) is 3.52. The number of alkyl halides is 3. The number of aromatic nitrogens is 3. The third kappa shape index (κ3) is 4.66. The fraction of sp³-hybridized carbons (Fsp3) is 0.286. The molecule has 4 rings (SSSR count). The van der Waals surface area contributed by atoms with Crippen molar-refractivity contribution in [2.24, 2.45) is 0 Å². The lowest BCUT2D eigenvalue weighted by Crippen LogP contribution is -2.34. The van der Waals surface area contributed by atoms with Crippen LogP contribution in [0.15, 0.2) is 53.3 Å². The largest absolute Gasteiger partial charge is 0.418 e. The molecule has 1 heterocycles. The first kappa shape index (κ1) is 21.6. The van der Waals surface area contributed by atoms with Crippen LogP contribution < -0.4 is 16.3 Å². The number of hydrogen-bond donors (Lipinski definition) is 2. The van der Waals surface area contributed by atoms with Crippen LogP contribution in [-0.2, 0) is 12.7 Å². The molecule has 1 aromatic heterocycles. The summed E-state index contributed by atoms with van der Waals surface area (Å²) in [7, 11) is 0. The Labute approximate surface area is 179 Å². The topological polar surface area (TPSA) is 81.0 Å². The smallest absolute Gasteiger partial charge is 0.336 e. The van der Waals surface area contributed by atoms with Gasteiger partial charge >= 0.3 is 17.9 Å². The summed E-state index contributed by atoms with van der Waals surface area (Å²) in [4.78, 5) is 24.8. The number of nitrogens with zero attached hydrogens (tertiary/aromatic N) is 3. The van der Waals surface area contributed by atoms with E-state index in [9.17, 15) is 27.2 Å². The SMILES string of the molecule is O=C(NCCn1nc(-c2ccc(F)cc2)n(C2CC2)c1=O)Nc1ccccc1C(F)(F)F. The first-order chi connectivity index (χ1) is 15.2. The van der Waals surface area contributed by atoms with E-state index >= 15 is 0 Å². The van der Waals surface area contributed by atoms with Crippen LogP contribution in [-0.4, -0.2) is 26.9 Å². The highest BCUT2D eigenvalue weighted by atomic mass is 19.4. The Balaban J connectivity index is 1.44. The summed E-state index contributed by atoms with van der Waals surface area (Å²) in [5.41, 5.74) is -1.11. The van der Waals surface area contributed by atoms with Gasteiger partial charge in [-0.15, -0.1) is 5.10 Å². The molecule has 1 saturated carbocycles. The minimum Gasteiger partial charge on any atom is -0.336 e. The lowest BCUT2D eigenvalue weighted by atomic mass is 10.1. The molecule has 7 nitrogen and oxygen atoms in total. The summed E-state index contributed by atoms with van der Waals surface area (Å²) < 4.78 is 55.1. The molecule has 32 heavy (non-hydrogen) atoms. The summed E-state index contributed by atoms with van der Waals surface area (Å²) in [6, 6.07) is 9.44. The van der Waals surface area contributed by atoms with Gasteiger partial charge in [-0.05, 0) is 49.2 Å². The molecule has 168 valence electrons. The molecule has 11 heteroatoms. The number of urea groups is 1. The van der Waals surface area contributed by atoms with Crippen molar-refractivity contribution >= 4 is 11.7 Å². The molecule has 0 spiro atoms. The molecule has 1 aliphatic rings. The number of nitrogens with one attached hydrogen (secondary N) is 2. The predicted octanol–water partition coefficient (Wildman–Crippen LogP) is 4.03. The van der Waals surface area contributed by atoms with E-state index in [2.05, 4.69) is 15.7 Å². The zero-order valence-electron chi connectivity index (χ0n) is 16.7. The van der Waals surface area contributed by atoms with Crippen LogP contribution >= 0.6 is 0 Å². The molecule has 0 atom stereocenters. The number of hydrogen-bond acceptors (Lipinski definition) is 3. The van der Waals surface area contributed by atoms with E-state index in [0.717, 1.165) is 25.0 Å². The van der Waals surface area contributed by atoms with Crippen molar-refractivity contribution in [1.82, 2.24) is 19.7 Å². The molecule has 1 aliphatic carbocycles. The Morgan fingerprint density at radius 2 is 1.78 bits per heavy atom. The van der Waals surface area contributed by atoms with Gasteiger partial charge in [0.25, 0.3) is 0 Å². The van der Waals surface area contributed by atoms with Crippen LogP contribution in [0.4, 0.5) is 28.0 Å². The minimum absolute atomic E-state index is 0.0150. The quantitative estimate of drug-likeness (QED) is 0.558. The van der Waals surface area contributed by atoms with Gasteiger partial charge < -0.3 is 10.6 Å². The van der Waals surface area contributed by atoms with E-state index in [-0.39, 0.29) is 30.5 Å². The summed E-state index contributed by atoms with van der Waals surface area (Å²) in [6.45, 7) is -0.0223. The summed E-state index contributed by atoms with van der Waals surface area (Å²) in [5.74, 6) is -0.00290. The molecule has 3 aromatic rings. The van der Waals surface area contributed by atoms with Gasteiger partial charge in [-0.1, -0.05) is 12.1 Å². The molecule has 2 N–H and O–H groups in total. The highest BCUT2D eigenvalue weighted by Gasteiger charge is 2.33. The molecular weight excluding hydrogens is 430 g/mol. The number of carbonyl (C=O) groups is 1. The lowest BCUT2D eigenvalue weighted by Gasteiger charge is -2.13. The molecule has 0 saturated heterocycles. The molecular formula is C21H19F4N5O2. The van der Waals surface area contributed by atoms with Gasteiger partial charge in [-0.3, -0.25) is 4.57 Å². The standard InChI is InChI=1S/C21H19F4N5O2/c22-14-7-5-13(6-8-14)18-28-29(20(32)30(18)15-9-10-15)12-11-26-19(31)27-17-4-2-1-3-16(17)21(23,24)25/h1-8,15H,9-12H2,(H2,26,27,31). The maximum Gasteiger partial charge on any atom is 0.418 e. The monoisotopic (exact) mass is 449 g/mol. The van der Waals surface area contributed by atoms with E-state index in [4.69, 9.17) is 0 Å². The van der Waals surface area contributed by atoms with Crippen LogP contribution in [0.2, 0.25) is 0 Å². The Morgan fingerprint density at radius 1 is 1.09 bits per heavy atom. The highest BCUT2D eigenvalue weighted by molar-refractivity contribution is 5.90. The Bertz CT molecular complexity index is 1180. The van der Waals surface area contributed by atoms with Crippen LogP contribution in [0.3, 0.4) is 0 Å². The number of benzene rings is 2. The Kier molecular flexibility index (Phi) is 5.72. The van der Waals surface area contributed by atoms with Gasteiger partial charge in [0.05, 0.1) is 17.8 Å². The Hall–Kier alpha value is -3.63. The summed E-state index contributed by atoms with van der Waals surface area (Å²) in [6.07, 6.45) is -2.94. The third-order valence-corrected chi connectivity index (χ3v) is 4.97. The molecule has 1 fully saturated rings. The van der Waals surface area contributed by atoms with Crippen molar-refractivity contribution in [2.45, 2.75) is 31.6 Å². The molecule has 2 aromatic carbocycles. The molecule has 0 bridgehead atoms. The minimum atomic E-state index is -4.61. The second-order valence-corrected chi connectivity index (χ2v) is 7.36. The Morgan fingerprint density at radius 3 is 2.44 bits per heavy atom. The van der Waals surface area contributed by atoms with E-state index < -0.39 is 23.6 Å². The summed E-state index contributed by atoms with van der Waals surface area (Å²) in [5, 5.41) is 8.93.